The van der Waals surface area contributed by atoms with E-state index in [1.165, 1.54) is 6.92 Å². The highest BCUT2D eigenvalue weighted by atomic mass is 32.2. The van der Waals surface area contributed by atoms with Gasteiger partial charge in [0, 0.05) is 19.9 Å². The molecular formula is C23H34N2O6S. The molecule has 2 fully saturated rings. The van der Waals surface area contributed by atoms with Crippen molar-refractivity contribution in [2.24, 2.45) is 0 Å². The topological polar surface area (TPSA) is 102 Å². The number of benzene rings is 1. The van der Waals surface area contributed by atoms with Crippen molar-refractivity contribution in [1.29, 1.82) is 0 Å². The van der Waals surface area contributed by atoms with E-state index in [2.05, 4.69) is 12.2 Å². The molecular weight excluding hydrogens is 432 g/mol. The van der Waals surface area contributed by atoms with Crippen molar-refractivity contribution in [3.8, 4) is 0 Å². The van der Waals surface area contributed by atoms with E-state index in [4.69, 9.17) is 8.92 Å². The molecule has 32 heavy (non-hydrogen) atoms. The molecule has 1 aliphatic heterocycles. The van der Waals surface area contributed by atoms with Gasteiger partial charge in [0.15, 0.2) is 0 Å². The van der Waals surface area contributed by atoms with Crippen LogP contribution in [0.2, 0.25) is 0 Å². The minimum absolute atomic E-state index is 0.130. The van der Waals surface area contributed by atoms with Gasteiger partial charge in [-0.3, -0.25) is 8.98 Å². The van der Waals surface area contributed by atoms with Gasteiger partial charge in [-0.1, -0.05) is 37.5 Å². The SMILES string of the molecule is CCCCCC(CCN1C(=O)N[C@@H]2C[C@H](OS(=O)(=O)c3ccc(C)cc3)C[C@@H]21)OC(C)=O. The molecule has 1 saturated heterocycles. The van der Waals surface area contributed by atoms with Crippen molar-refractivity contribution in [1.82, 2.24) is 10.2 Å². The summed E-state index contributed by atoms with van der Waals surface area (Å²) < 4.78 is 36.2. The molecule has 0 radical (unpaired) electrons. The number of carbonyl (C=O) groups excluding carboxylic acids is 2. The molecule has 1 saturated carbocycles. The van der Waals surface area contributed by atoms with Crippen molar-refractivity contribution in [2.45, 2.75) is 94.9 Å². The third-order valence-electron chi connectivity index (χ3n) is 6.18. The second-order valence-electron chi connectivity index (χ2n) is 8.79. The zero-order valence-corrected chi connectivity index (χ0v) is 19.9. The molecule has 1 unspecified atom stereocenters. The molecule has 1 N–H and O–H groups in total. The van der Waals surface area contributed by atoms with E-state index >= 15 is 0 Å². The maximum Gasteiger partial charge on any atom is 0.318 e. The molecule has 1 aromatic rings. The highest BCUT2D eigenvalue weighted by Gasteiger charge is 2.47. The van der Waals surface area contributed by atoms with E-state index < -0.39 is 16.2 Å². The van der Waals surface area contributed by atoms with Crippen LogP contribution in [0.1, 0.15) is 64.4 Å². The van der Waals surface area contributed by atoms with Gasteiger partial charge < -0.3 is 15.0 Å². The minimum Gasteiger partial charge on any atom is -0.462 e. The molecule has 0 spiro atoms. The van der Waals surface area contributed by atoms with Crippen LogP contribution in [-0.2, 0) is 23.8 Å². The number of urea groups is 1. The van der Waals surface area contributed by atoms with Gasteiger partial charge in [-0.05, 0) is 44.7 Å². The lowest BCUT2D eigenvalue weighted by Crippen LogP contribution is -2.37. The molecule has 3 rings (SSSR count). The molecule has 4 atom stereocenters. The van der Waals surface area contributed by atoms with Crippen molar-refractivity contribution < 1.29 is 26.9 Å². The molecule has 178 valence electrons. The highest BCUT2D eigenvalue weighted by molar-refractivity contribution is 7.86. The van der Waals surface area contributed by atoms with Crippen molar-refractivity contribution >= 4 is 22.1 Å². The number of carbonyl (C=O) groups is 2. The number of hydrogen-bond acceptors (Lipinski definition) is 6. The van der Waals surface area contributed by atoms with Crippen LogP contribution in [0.5, 0.6) is 0 Å². The van der Waals surface area contributed by atoms with E-state index in [1.54, 1.807) is 29.2 Å². The fourth-order valence-electron chi connectivity index (χ4n) is 4.55. The number of ether oxygens (including phenoxy) is 1. The van der Waals surface area contributed by atoms with Crippen LogP contribution < -0.4 is 5.32 Å². The lowest BCUT2D eigenvalue weighted by Gasteiger charge is -2.25. The Kier molecular flexibility index (Phi) is 8.16. The Morgan fingerprint density at radius 3 is 2.56 bits per heavy atom. The van der Waals surface area contributed by atoms with Gasteiger partial charge in [-0.2, -0.15) is 8.42 Å². The first kappa shape index (κ1) is 24.5. The summed E-state index contributed by atoms with van der Waals surface area (Å²) >= 11 is 0. The van der Waals surface area contributed by atoms with E-state index in [0.717, 1.165) is 31.2 Å². The van der Waals surface area contributed by atoms with Crippen LogP contribution in [0.4, 0.5) is 4.79 Å². The van der Waals surface area contributed by atoms with Gasteiger partial charge in [0.1, 0.15) is 6.10 Å². The fourth-order valence-corrected chi connectivity index (χ4v) is 5.65. The van der Waals surface area contributed by atoms with E-state index in [-0.39, 0.29) is 35.1 Å². The van der Waals surface area contributed by atoms with Gasteiger partial charge in [0.25, 0.3) is 10.1 Å². The van der Waals surface area contributed by atoms with Crippen molar-refractivity contribution in [3.05, 3.63) is 29.8 Å². The highest BCUT2D eigenvalue weighted by Crippen LogP contribution is 2.33. The number of amides is 2. The fraction of sp³-hybridized carbons (Fsp3) is 0.652. The average Bonchev–Trinajstić information content (AvgIpc) is 3.21. The van der Waals surface area contributed by atoms with Gasteiger partial charge in [-0.25, -0.2) is 4.79 Å². The molecule has 2 aliphatic rings. The van der Waals surface area contributed by atoms with E-state index in [0.29, 0.717) is 25.8 Å². The standard InChI is InChI=1S/C23H34N2O6S/c1-4-5-6-7-18(30-17(3)26)12-13-25-22-15-19(14-21(22)24-23(25)27)31-32(28,29)20-10-8-16(2)9-11-20/h8-11,18-19,21-22H,4-7,12-15H2,1-3H3,(H,24,27)/t18?,19-,21+,22-/m0/s1. The summed E-state index contributed by atoms with van der Waals surface area (Å²) in [5.74, 6) is -0.314. The van der Waals surface area contributed by atoms with Crippen LogP contribution in [0.25, 0.3) is 0 Å². The average molecular weight is 467 g/mol. The molecule has 1 aromatic carbocycles. The van der Waals surface area contributed by atoms with Gasteiger partial charge >= 0.3 is 12.0 Å². The maximum absolute atomic E-state index is 12.6. The Labute approximate surface area is 190 Å². The number of fused-ring (bicyclic) bond motifs is 1. The van der Waals surface area contributed by atoms with Gasteiger partial charge in [-0.15, -0.1) is 0 Å². The predicted octanol–water partition coefficient (Wildman–Crippen LogP) is 3.53. The van der Waals surface area contributed by atoms with Crippen LogP contribution >= 0.6 is 0 Å². The predicted molar refractivity (Wildman–Crippen MR) is 120 cm³/mol. The summed E-state index contributed by atoms with van der Waals surface area (Å²) in [6, 6.07) is 6.13. The molecule has 0 bridgehead atoms. The molecule has 1 aliphatic carbocycles. The van der Waals surface area contributed by atoms with Crippen molar-refractivity contribution in [3.63, 3.8) is 0 Å². The Morgan fingerprint density at radius 1 is 1.19 bits per heavy atom. The van der Waals surface area contributed by atoms with E-state index in [9.17, 15) is 18.0 Å². The first-order valence-corrected chi connectivity index (χ1v) is 12.8. The lowest BCUT2D eigenvalue weighted by atomic mass is 10.1. The molecule has 0 aromatic heterocycles. The van der Waals surface area contributed by atoms with Crippen LogP contribution in [-0.4, -0.2) is 56.2 Å². The summed E-state index contributed by atoms with van der Waals surface area (Å²) in [4.78, 5) is 25.8. The lowest BCUT2D eigenvalue weighted by molar-refractivity contribution is -0.147. The first-order valence-electron chi connectivity index (χ1n) is 11.4. The summed E-state index contributed by atoms with van der Waals surface area (Å²) in [6.45, 7) is 5.86. The molecule has 2 amide bonds. The Morgan fingerprint density at radius 2 is 1.91 bits per heavy atom. The maximum atomic E-state index is 12.6. The normalized spacial score (nSPS) is 23.7. The van der Waals surface area contributed by atoms with Gasteiger partial charge in [0.05, 0.1) is 23.1 Å². The second-order valence-corrected chi connectivity index (χ2v) is 10.4. The zero-order valence-electron chi connectivity index (χ0n) is 19.1. The smallest absolute Gasteiger partial charge is 0.318 e. The molecule has 1 heterocycles. The molecule has 9 heteroatoms. The number of rotatable bonds is 11. The number of unbranched alkanes of at least 4 members (excludes halogenated alkanes) is 2. The number of hydrogen-bond donors (Lipinski definition) is 1. The van der Waals surface area contributed by atoms with Crippen molar-refractivity contribution in [2.75, 3.05) is 6.54 Å². The van der Waals surface area contributed by atoms with Crippen LogP contribution in [0.15, 0.2) is 29.2 Å². The largest absolute Gasteiger partial charge is 0.462 e. The number of esters is 1. The Hall–Kier alpha value is -2.13. The second kappa shape index (κ2) is 10.7. The molecule has 8 nitrogen and oxygen atoms in total. The third-order valence-corrected chi connectivity index (χ3v) is 7.56. The summed E-state index contributed by atoms with van der Waals surface area (Å²) in [5.41, 5.74) is 0.972. The monoisotopic (exact) mass is 466 g/mol. The Bertz CT molecular complexity index is 902. The first-order chi connectivity index (χ1) is 15.2. The summed E-state index contributed by atoms with van der Waals surface area (Å²) in [5, 5.41) is 2.95. The zero-order chi connectivity index (χ0) is 23.3. The van der Waals surface area contributed by atoms with Crippen LogP contribution in [0, 0.1) is 6.92 Å². The van der Waals surface area contributed by atoms with E-state index in [1.807, 2.05) is 6.92 Å². The van der Waals surface area contributed by atoms with Gasteiger partial charge in [0.2, 0.25) is 0 Å². The number of nitrogens with zero attached hydrogens (tertiary/aromatic N) is 1. The number of aryl methyl sites for hydroxylation is 1. The summed E-state index contributed by atoms with van der Waals surface area (Å²) in [7, 11) is -3.86. The minimum atomic E-state index is -3.86. The quantitative estimate of drug-likeness (QED) is 0.304. The third kappa shape index (κ3) is 6.22. The number of nitrogens with one attached hydrogen (secondary N) is 1. The van der Waals surface area contributed by atoms with Crippen LogP contribution in [0.3, 0.4) is 0 Å². The summed E-state index contributed by atoms with van der Waals surface area (Å²) in [6.07, 6.45) is 4.64. The Balaban J connectivity index is 1.58.